The van der Waals surface area contributed by atoms with E-state index in [1.807, 2.05) is 30.3 Å². The van der Waals surface area contributed by atoms with E-state index in [4.69, 9.17) is 4.42 Å². The average Bonchev–Trinajstić information content (AvgIpc) is 2.65. The molecule has 26 heavy (non-hydrogen) atoms. The molecule has 2 aromatic carbocycles. The highest BCUT2D eigenvalue weighted by Crippen LogP contribution is 2.19. The molecule has 0 saturated carbocycles. The number of fused-ring (bicyclic) bond motifs is 1. The van der Waals surface area contributed by atoms with Crippen molar-refractivity contribution in [2.75, 3.05) is 6.54 Å². The van der Waals surface area contributed by atoms with Crippen molar-refractivity contribution in [1.29, 1.82) is 0 Å². The van der Waals surface area contributed by atoms with Crippen LogP contribution in [0.15, 0.2) is 63.8 Å². The predicted octanol–water partition coefficient (Wildman–Crippen LogP) is 3.06. The van der Waals surface area contributed by atoms with E-state index in [1.54, 1.807) is 0 Å². The van der Waals surface area contributed by atoms with Crippen LogP contribution in [-0.4, -0.2) is 17.4 Å². The fourth-order valence-corrected chi connectivity index (χ4v) is 2.63. The quantitative estimate of drug-likeness (QED) is 0.417. The second-order valence-electron chi connectivity index (χ2n) is 5.77. The third kappa shape index (κ3) is 3.94. The van der Waals surface area contributed by atoms with E-state index in [-0.39, 0.29) is 16.8 Å². The Kier molecular flexibility index (Phi) is 5.07. The summed E-state index contributed by atoms with van der Waals surface area (Å²) in [6.07, 6.45) is 1.55. The molecule has 0 bridgehead atoms. The van der Waals surface area contributed by atoms with E-state index in [1.165, 1.54) is 29.8 Å². The largest absolute Gasteiger partial charge is 0.417 e. The molecule has 7 heteroatoms. The van der Waals surface area contributed by atoms with Crippen LogP contribution < -0.4 is 10.9 Å². The zero-order valence-corrected chi connectivity index (χ0v) is 13.8. The molecule has 3 rings (SSSR count). The second kappa shape index (κ2) is 7.60. The number of hydrogen-bond acceptors (Lipinski definition) is 5. The van der Waals surface area contributed by atoms with Gasteiger partial charge < -0.3 is 9.73 Å². The van der Waals surface area contributed by atoms with Crippen LogP contribution in [0.25, 0.3) is 10.8 Å². The summed E-state index contributed by atoms with van der Waals surface area (Å²) in [6, 6.07) is 15.0. The number of rotatable bonds is 6. The summed E-state index contributed by atoms with van der Waals surface area (Å²) >= 11 is 0. The van der Waals surface area contributed by atoms with Crippen molar-refractivity contribution in [2.45, 2.75) is 12.8 Å². The van der Waals surface area contributed by atoms with Crippen LogP contribution in [0.1, 0.15) is 22.5 Å². The lowest BCUT2D eigenvalue weighted by Crippen LogP contribution is -2.25. The molecular weight excluding hydrogens is 336 g/mol. The number of hydrogen-bond donors (Lipinski definition) is 1. The van der Waals surface area contributed by atoms with Gasteiger partial charge in [-0.05, 0) is 35.9 Å². The first-order valence-electron chi connectivity index (χ1n) is 8.09. The van der Waals surface area contributed by atoms with Crippen LogP contribution in [0.2, 0.25) is 0 Å². The number of non-ortho nitro benzene ring substituents is 1. The van der Waals surface area contributed by atoms with E-state index in [9.17, 15) is 19.7 Å². The maximum absolute atomic E-state index is 12.2. The minimum Gasteiger partial charge on any atom is -0.417 e. The third-order valence-electron chi connectivity index (χ3n) is 3.95. The molecule has 0 saturated heterocycles. The molecule has 0 unspecified atom stereocenters. The highest BCUT2D eigenvalue weighted by atomic mass is 16.6. The van der Waals surface area contributed by atoms with E-state index in [2.05, 4.69) is 5.32 Å². The number of nitro benzene ring substituents is 1. The number of aryl methyl sites for hydroxylation is 1. The topological polar surface area (TPSA) is 102 Å². The molecule has 0 aliphatic rings. The second-order valence-corrected chi connectivity index (χ2v) is 5.77. The fraction of sp³-hybridized carbons (Fsp3) is 0.158. The molecular formula is C19H16N2O5. The van der Waals surface area contributed by atoms with Gasteiger partial charge in [0.05, 0.1) is 10.3 Å². The van der Waals surface area contributed by atoms with Crippen molar-refractivity contribution in [1.82, 2.24) is 5.32 Å². The Morgan fingerprint density at radius 3 is 2.62 bits per heavy atom. The zero-order valence-electron chi connectivity index (χ0n) is 13.8. The Morgan fingerprint density at radius 1 is 1.12 bits per heavy atom. The Balaban J connectivity index is 1.69. The van der Waals surface area contributed by atoms with Crippen molar-refractivity contribution in [3.8, 4) is 0 Å². The van der Waals surface area contributed by atoms with Gasteiger partial charge in [0.25, 0.3) is 11.6 Å². The maximum atomic E-state index is 12.2. The Morgan fingerprint density at radius 2 is 1.88 bits per heavy atom. The van der Waals surface area contributed by atoms with E-state index >= 15 is 0 Å². The molecule has 7 nitrogen and oxygen atoms in total. The highest BCUT2D eigenvalue weighted by molar-refractivity contribution is 5.95. The lowest BCUT2D eigenvalue weighted by molar-refractivity contribution is -0.384. The van der Waals surface area contributed by atoms with Gasteiger partial charge in [-0.25, -0.2) is 4.79 Å². The van der Waals surface area contributed by atoms with Gasteiger partial charge in [-0.2, -0.15) is 0 Å². The fourth-order valence-electron chi connectivity index (χ4n) is 2.63. The number of carbonyl (C=O) groups is 1. The average molecular weight is 352 g/mol. The van der Waals surface area contributed by atoms with Crippen LogP contribution in [0.5, 0.6) is 0 Å². The van der Waals surface area contributed by atoms with Gasteiger partial charge >= 0.3 is 5.63 Å². The lowest BCUT2D eigenvalue weighted by Gasteiger charge is -2.05. The molecule has 0 fully saturated rings. The monoisotopic (exact) mass is 352 g/mol. The van der Waals surface area contributed by atoms with Gasteiger partial charge in [-0.1, -0.05) is 30.3 Å². The number of amides is 1. The number of nitrogens with zero attached hydrogens (tertiary/aromatic N) is 1. The van der Waals surface area contributed by atoms with E-state index in [0.29, 0.717) is 11.9 Å². The third-order valence-corrected chi connectivity index (χ3v) is 3.95. The number of nitrogens with one attached hydrogen (secondary N) is 1. The predicted molar refractivity (Wildman–Crippen MR) is 96.2 cm³/mol. The smallest absolute Gasteiger partial charge is 0.344 e. The van der Waals surface area contributed by atoms with E-state index in [0.717, 1.165) is 12.8 Å². The Labute approximate surface area is 148 Å². The summed E-state index contributed by atoms with van der Waals surface area (Å²) in [5.41, 5.74) is 0.315. The lowest BCUT2D eigenvalue weighted by atomic mass is 10.1. The molecule has 0 radical (unpaired) electrons. The molecule has 3 aromatic rings. The van der Waals surface area contributed by atoms with Crippen molar-refractivity contribution in [3.05, 3.63) is 86.5 Å². The molecule has 1 aromatic heterocycles. The zero-order chi connectivity index (χ0) is 18.5. The van der Waals surface area contributed by atoms with Crippen LogP contribution >= 0.6 is 0 Å². The summed E-state index contributed by atoms with van der Waals surface area (Å²) in [5.74, 6) is -0.689. The van der Waals surface area contributed by atoms with Gasteiger partial charge in [-0.3, -0.25) is 14.9 Å². The van der Waals surface area contributed by atoms with Gasteiger partial charge in [0, 0.05) is 18.7 Å². The SMILES string of the molecule is O=C(NCCCc1ccccc1)c1cc2cc([N+](=O)[O-])ccc2c(=O)o1. The van der Waals surface area contributed by atoms with Crippen molar-refractivity contribution >= 4 is 22.4 Å². The van der Waals surface area contributed by atoms with E-state index < -0.39 is 16.5 Å². The molecule has 1 heterocycles. The molecule has 1 N–H and O–H groups in total. The first kappa shape index (κ1) is 17.3. The molecule has 0 atom stereocenters. The Hall–Kier alpha value is -3.48. The summed E-state index contributed by atoms with van der Waals surface area (Å²) in [4.78, 5) is 34.5. The van der Waals surface area contributed by atoms with Crippen LogP contribution in [0, 0.1) is 10.1 Å². The van der Waals surface area contributed by atoms with Gasteiger partial charge in [0.1, 0.15) is 0 Å². The molecule has 132 valence electrons. The van der Waals surface area contributed by atoms with Crippen LogP contribution in [-0.2, 0) is 6.42 Å². The minimum atomic E-state index is -0.702. The summed E-state index contributed by atoms with van der Waals surface area (Å²) < 4.78 is 5.03. The van der Waals surface area contributed by atoms with Crippen molar-refractivity contribution in [2.24, 2.45) is 0 Å². The first-order valence-corrected chi connectivity index (χ1v) is 8.09. The maximum Gasteiger partial charge on any atom is 0.344 e. The summed E-state index contributed by atoms with van der Waals surface area (Å²) in [7, 11) is 0. The van der Waals surface area contributed by atoms with Gasteiger partial charge in [-0.15, -0.1) is 0 Å². The van der Waals surface area contributed by atoms with Crippen molar-refractivity contribution < 1.29 is 14.1 Å². The first-order chi connectivity index (χ1) is 12.5. The summed E-state index contributed by atoms with van der Waals surface area (Å²) in [5, 5.41) is 14.0. The minimum absolute atomic E-state index is 0.155. The molecule has 1 amide bonds. The molecule has 0 aliphatic heterocycles. The summed E-state index contributed by atoms with van der Waals surface area (Å²) in [6.45, 7) is 0.421. The van der Waals surface area contributed by atoms with Gasteiger partial charge in [0.2, 0.25) is 0 Å². The van der Waals surface area contributed by atoms with Gasteiger partial charge in [0.15, 0.2) is 5.76 Å². The standard InChI is InChI=1S/C19H16N2O5/c22-18(20-10-4-7-13-5-2-1-3-6-13)17-12-14-11-15(21(24)25)8-9-16(14)19(23)26-17/h1-3,5-6,8-9,11-12H,4,7,10H2,(H,20,22). The molecule has 0 aliphatic carbocycles. The number of carbonyl (C=O) groups excluding carboxylic acids is 1. The van der Waals surface area contributed by atoms with Crippen LogP contribution in [0.4, 0.5) is 5.69 Å². The van der Waals surface area contributed by atoms with Crippen LogP contribution in [0.3, 0.4) is 0 Å². The number of nitro groups is 1. The highest BCUT2D eigenvalue weighted by Gasteiger charge is 2.14. The number of benzene rings is 2. The Bertz CT molecular complexity index is 1010. The van der Waals surface area contributed by atoms with Crippen molar-refractivity contribution in [3.63, 3.8) is 0 Å². The normalized spacial score (nSPS) is 10.6. The molecule has 0 spiro atoms.